The Morgan fingerprint density at radius 2 is 1.72 bits per heavy atom. The Bertz CT molecular complexity index is 1550. The van der Waals surface area contributed by atoms with Gasteiger partial charge in [0, 0.05) is 35.9 Å². The number of nitrogens with one attached hydrogen (secondary N) is 2. The summed E-state index contributed by atoms with van der Waals surface area (Å²) in [6.45, 7) is 1.18. The molecule has 1 aromatic heterocycles. The van der Waals surface area contributed by atoms with E-state index in [-0.39, 0.29) is 6.03 Å². The van der Waals surface area contributed by atoms with E-state index in [1.54, 1.807) is 24.1 Å². The number of aromatic nitrogens is 1. The number of H-pyrrole nitrogens is 1. The van der Waals surface area contributed by atoms with Crippen molar-refractivity contribution in [3.05, 3.63) is 126 Å². The minimum Gasteiger partial charge on any atom is -0.493 e. The fourth-order valence-electron chi connectivity index (χ4n) is 4.50. The molecule has 0 spiro atoms. The number of nitrogens with zero attached hydrogens (tertiary/aromatic N) is 1. The summed E-state index contributed by atoms with van der Waals surface area (Å²) >= 11 is 0. The first-order chi connectivity index (χ1) is 19.1. The molecule has 0 saturated heterocycles. The second kappa shape index (κ2) is 12.2. The number of para-hydroxylation sites is 1. The number of carbonyl (C=O) groups excluding carboxylic acids is 1. The second-order valence-corrected chi connectivity index (χ2v) is 9.23. The van der Waals surface area contributed by atoms with E-state index < -0.39 is 5.82 Å². The molecular weight excluding hydrogens is 493 g/mol. The summed E-state index contributed by atoms with van der Waals surface area (Å²) in [5.74, 6) is 0.804. The molecular formula is C32H30FN3O3. The maximum absolute atomic E-state index is 13.8. The number of aromatic amines is 1. The number of anilines is 1. The van der Waals surface area contributed by atoms with Crippen molar-refractivity contribution in [2.24, 2.45) is 0 Å². The molecule has 7 heteroatoms. The molecule has 2 N–H and O–H groups in total. The summed E-state index contributed by atoms with van der Waals surface area (Å²) in [7, 11) is 1.60. The van der Waals surface area contributed by atoms with E-state index in [1.165, 1.54) is 12.1 Å². The molecule has 1 heterocycles. The van der Waals surface area contributed by atoms with Crippen molar-refractivity contribution in [1.29, 1.82) is 0 Å². The smallest absolute Gasteiger partial charge is 0.322 e. The number of hydrogen-bond acceptors (Lipinski definition) is 3. The van der Waals surface area contributed by atoms with Crippen LogP contribution >= 0.6 is 0 Å². The molecule has 0 saturated carbocycles. The molecule has 0 aliphatic carbocycles. The quantitative estimate of drug-likeness (QED) is 0.204. The van der Waals surface area contributed by atoms with Crippen LogP contribution in [-0.4, -0.2) is 29.6 Å². The second-order valence-electron chi connectivity index (χ2n) is 9.23. The van der Waals surface area contributed by atoms with Gasteiger partial charge in [0.05, 0.1) is 7.11 Å². The lowest BCUT2D eigenvalue weighted by atomic mass is 10.1. The van der Waals surface area contributed by atoms with Crippen molar-refractivity contribution < 1.29 is 18.7 Å². The summed E-state index contributed by atoms with van der Waals surface area (Å²) in [4.78, 5) is 18.4. The highest BCUT2D eigenvalue weighted by Gasteiger charge is 2.17. The van der Waals surface area contributed by atoms with Gasteiger partial charge in [0.1, 0.15) is 12.4 Å². The van der Waals surface area contributed by atoms with Crippen molar-refractivity contribution in [3.63, 3.8) is 0 Å². The molecule has 0 bridgehead atoms. The maximum atomic E-state index is 13.8. The first-order valence-electron chi connectivity index (χ1n) is 12.8. The predicted molar refractivity (Wildman–Crippen MR) is 152 cm³/mol. The zero-order chi connectivity index (χ0) is 27.0. The summed E-state index contributed by atoms with van der Waals surface area (Å²) < 4.78 is 25.4. The standard InChI is InChI=1S/C32H30FN3O3/c1-38-30-15-14-24(18-31(30)39-22-23-8-3-2-4-9-23)21-36(32(37)35-27-11-7-10-26(33)19-27)17-16-25-20-34-29-13-6-5-12-28(25)29/h2-15,18-20,34H,16-17,21-22H2,1H3,(H,35,37). The van der Waals surface area contributed by atoms with E-state index in [0.717, 1.165) is 27.6 Å². The van der Waals surface area contributed by atoms with Crippen LogP contribution in [0.3, 0.4) is 0 Å². The van der Waals surface area contributed by atoms with Crippen molar-refractivity contribution in [1.82, 2.24) is 9.88 Å². The number of benzene rings is 4. The average molecular weight is 524 g/mol. The minimum absolute atomic E-state index is 0.317. The Morgan fingerprint density at radius 3 is 2.54 bits per heavy atom. The lowest BCUT2D eigenvalue weighted by Gasteiger charge is -2.24. The number of urea groups is 1. The monoisotopic (exact) mass is 523 g/mol. The van der Waals surface area contributed by atoms with Gasteiger partial charge in [-0.15, -0.1) is 0 Å². The number of rotatable bonds is 10. The first kappa shape index (κ1) is 25.9. The molecule has 0 unspecified atom stereocenters. The highest BCUT2D eigenvalue weighted by Crippen LogP contribution is 2.30. The molecule has 0 atom stereocenters. The maximum Gasteiger partial charge on any atom is 0.322 e. The minimum atomic E-state index is -0.409. The van der Waals surface area contributed by atoms with Crippen molar-refractivity contribution in [3.8, 4) is 11.5 Å². The van der Waals surface area contributed by atoms with E-state index >= 15 is 0 Å². The van der Waals surface area contributed by atoms with Crippen molar-refractivity contribution in [2.45, 2.75) is 19.6 Å². The van der Waals surface area contributed by atoms with Gasteiger partial charge in [-0.05, 0) is 59.5 Å². The van der Waals surface area contributed by atoms with E-state index in [0.29, 0.717) is 43.3 Å². The van der Waals surface area contributed by atoms with Gasteiger partial charge in [0.15, 0.2) is 11.5 Å². The van der Waals surface area contributed by atoms with Crippen LogP contribution in [0.5, 0.6) is 11.5 Å². The molecule has 0 aliphatic heterocycles. The molecule has 6 nitrogen and oxygen atoms in total. The fraction of sp³-hybridized carbons (Fsp3) is 0.156. The highest BCUT2D eigenvalue weighted by atomic mass is 19.1. The Hall–Kier alpha value is -4.78. The van der Waals surface area contributed by atoms with Gasteiger partial charge in [0.2, 0.25) is 0 Å². The molecule has 0 radical (unpaired) electrons. The third kappa shape index (κ3) is 6.57. The SMILES string of the molecule is COc1ccc(CN(CCc2c[nH]c3ccccc23)C(=O)Nc2cccc(F)c2)cc1OCc1ccccc1. The van der Waals surface area contributed by atoms with Gasteiger partial charge >= 0.3 is 6.03 Å². The molecule has 0 aliphatic rings. The Morgan fingerprint density at radius 1 is 0.897 bits per heavy atom. The van der Waals surface area contributed by atoms with Crippen LogP contribution in [0.2, 0.25) is 0 Å². The first-order valence-corrected chi connectivity index (χ1v) is 12.8. The van der Waals surface area contributed by atoms with Crippen LogP contribution in [0, 0.1) is 5.82 Å². The Labute approximate surface area is 227 Å². The van der Waals surface area contributed by atoms with Crippen LogP contribution in [0.15, 0.2) is 103 Å². The van der Waals surface area contributed by atoms with Crippen LogP contribution in [0.4, 0.5) is 14.9 Å². The topological polar surface area (TPSA) is 66.6 Å². The lowest BCUT2D eigenvalue weighted by molar-refractivity contribution is 0.209. The zero-order valence-electron chi connectivity index (χ0n) is 21.7. The van der Waals surface area contributed by atoms with E-state index in [2.05, 4.69) is 16.4 Å². The molecule has 39 heavy (non-hydrogen) atoms. The van der Waals surface area contributed by atoms with Crippen LogP contribution < -0.4 is 14.8 Å². The van der Waals surface area contributed by atoms with Gasteiger partial charge in [-0.3, -0.25) is 0 Å². The van der Waals surface area contributed by atoms with Gasteiger partial charge < -0.3 is 24.7 Å². The van der Waals surface area contributed by atoms with Gasteiger partial charge in [0.25, 0.3) is 0 Å². The van der Waals surface area contributed by atoms with Gasteiger partial charge in [-0.1, -0.05) is 60.7 Å². The summed E-state index contributed by atoms with van der Waals surface area (Å²) in [6.07, 6.45) is 2.63. The fourth-order valence-corrected chi connectivity index (χ4v) is 4.50. The Balaban J connectivity index is 1.36. The van der Waals surface area contributed by atoms with E-state index in [4.69, 9.17) is 9.47 Å². The number of methoxy groups -OCH3 is 1. The average Bonchev–Trinajstić information content (AvgIpc) is 3.38. The molecule has 2 amide bonds. The lowest BCUT2D eigenvalue weighted by Crippen LogP contribution is -2.36. The molecule has 5 aromatic rings. The number of hydrogen-bond donors (Lipinski definition) is 2. The number of fused-ring (bicyclic) bond motifs is 1. The number of halogens is 1. The third-order valence-electron chi connectivity index (χ3n) is 6.53. The predicted octanol–water partition coefficient (Wildman–Crippen LogP) is 7.17. The normalized spacial score (nSPS) is 10.8. The number of amides is 2. The number of ether oxygens (including phenoxy) is 2. The van der Waals surface area contributed by atoms with Gasteiger partial charge in [-0.25, -0.2) is 9.18 Å². The molecule has 0 fully saturated rings. The van der Waals surface area contributed by atoms with Crippen LogP contribution in [0.25, 0.3) is 10.9 Å². The van der Waals surface area contributed by atoms with Crippen molar-refractivity contribution in [2.75, 3.05) is 19.0 Å². The van der Waals surface area contributed by atoms with Crippen molar-refractivity contribution >= 4 is 22.6 Å². The highest BCUT2D eigenvalue weighted by molar-refractivity contribution is 5.89. The molecule has 198 valence electrons. The molecule has 5 rings (SSSR count). The van der Waals surface area contributed by atoms with Gasteiger partial charge in [-0.2, -0.15) is 0 Å². The van der Waals surface area contributed by atoms with E-state index in [1.807, 2.05) is 72.9 Å². The van der Waals surface area contributed by atoms with Crippen LogP contribution in [-0.2, 0) is 19.6 Å². The Kier molecular flexibility index (Phi) is 8.07. The largest absolute Gasteiger partial charge is 0.493 e. The summed E-state index contributed by atoms with van der Waals surface area (Å²) in [5, 5.41) is 3.97. The van der Waals surface area contributed by atoms with E-state index in [9.17, 15) is 9.18 Å². The molecule has 4 aromatic carbocycles. The zero-order valence-corrected chi connectivity index (χ0v) is 21.7. The summed E-state index contributed by atoms with van der Waals surface area (Å²) in [5.41, 5.74) is 4.50. The third-order valence-corrected chi connectivity index (χ3v) is 6.53. The van der Waals surface area contributed by atoms with Crippen LogP contribution in [0.1, 0.15) is 16.7 Å². The summed E-state index contributed by atoms with van der Waals surface area (Å²) in [6, 6.07) is 29.2. The number of carbonyl (C=O) groups is 1.